The Morgan fingerprint density at radius 1 is 0.886 bits per heavy atom. The first-order valence-electron chi connectivity index (χ1n) is 11.0. The van der Waals surface area contributed by atoms with E-state index in [1.165, 1.54) is 23.8 Å². The first-order valence-corrected chi connectivity index (χ1v) is 11.8. The molecule has 0 radical (unpaired) electrons. The molecule has 0 N–H and O–H groups in total. The van der Waals surface area contributed by atoms with Gasteiger partial charge in [0.2, 0.25) is 0 Å². The summed E-state index contributed by atoms with van der Waals surface area (Å²) < 4.78 is 41.8. The highest BCUT2D eigenvalue weighted by molar-refractivity contribution is 6.35. The molecule has 35 heavy (non-hydrogen) atoms. The summed E-state index contributed by atoms with van der Waals surface area (Å²) in [5.74, 6) is -0.579. The van der Waals surface area contributed by atoms with Crippen molar-refractivity contribution in [3.8, 4) is 5.75 Å². The Morgan fingerprint density at radius 2 is 1.51 bits per heavy atom. The Hall–Kier alpha value is -2.70. The van der Waals surface area contributed by atoms with Crippen molar-refractivity contribution in [2.24, 2.45) is 0 Å². The molecular formula is C27H26Cl2F3NO2. The standard InChI is InChI=1S/C27H26Cl2F3NO2/c1-26(2,3)21-9-7-19(8-10-21)17-33(25(34)20-14-22(28)16-23(29)15-20)12-11-18-5-4-6-24(13-18)35-27(30,31)32/h4-10,13-16H,11-12,17H2,1-3H3. The lowest BCUT2D eigenvalue weighted by Gasteiger charge is -2.24. The molecule has 1 amide bonds. The minimum Gasteiger partial charge on any atom is -0.406 e. The topological polar surface area (TPSA) is 29.5 Å². The van der Waals surface area contributed by atoms with E-state index in [9.17, 15) is 18.0 Å². The first kappa shape index (κ1) is 26.9. The zero-order valence-electron chi connectivity index (χ0n) is 19.6. The van der Waals surface area contributed by atoms with Crippen LogP contribution in [0.3, 0.4) is 0 Å². The van der Waals surface area contributed by atoms with Crippen molar-refractivity contribution in [2.75, 3.05) is 6.54 Å². The van der Waals surface area contributed by atoms with Crippen molar-refractivity contribution < 1.29 is 22.7 Å². The van der Waals surface area contributed by atoms with Crippen LogP contribution < -0.4 is 4.74 Å². The van der Waals surface area contributed by atoms with Crippen LogP contribution >= 0.6 is 23.2 Å². The van der Waals surface area contributed by atoms with E-state index in [1.807, 2.05) is 24.3 Å². The fraction of sp³-hybridized carbons (Fsp3) is 0.296. The van der Waals surface area contributed by atoms with Gasteiger partial charge in [-0.05, 0) is 58.9 Å². The molecule has 0 aliphatic carbocycles. The minimum atomic E-state index is -4.77. The van der Waals surface area contributed by atoms with E-state index in [-0.39, 0.29) is 23.6 Å². The van der Waals surface area contributed by atoms with Gasteiger partial charge in [0, 0.05) is 28.7 Å². The Kier molecular flexibility index (Phi) is 8.39. The first-order chi connectivity index (χ1) is 16.3. The normalized spacial score (nSPS) is 11.9. The molecule has 0 aliphatic rings. The minimum absolute atomic E-state index is 0.00489. The molecule has 0 unspecified atom stereocenters. The molecule has 0 aromatic heterocycles. The third-order valence-electron chi connectivity index (χ3n) is 5.39. The Bertz CT molecular complexity index is 1150. The molecule has 0 aliphatic heterocycles. The third kappa shape index (κ3) is 8.18. The van der Waals surface area contributed by atoms with Crippen molar-refractivity contribution in [3.05, 3.63) is 99.0 Å². The number of carbonyl (C=O) groups is 1. The lowest BCUT2D eigenvalue weighted by molar-refractivity contribution is -0.274. The van der Waals surface area contributed by atoms with Crippen LogP contribution in [0.1, 0.15) is 47.8 Å². The molecule has 0 fully saturated rings. The van der Waals surface area contributed by atoms with Gasteiger partial charge < -0.3 is 9.64 Å². The number of amides is 1. The van der Waals surface area contributed by atoms with Gasteiger partial charge >= 0.3 is 6.36 Å². The SMILES string of the molecule is CC(C)(C)c1ccc(CN(CCc2cccc(OC(F)(F)F)c2)C(=O)c2cc(Cl)cc(Cl)c2)cc1. The lowest BCUT2D eigenvalue weighted by atomic mass is 9.87. The number of rotatable bonds is 7. The van der Waals surface area contributed by atoms with Crippen molar-refractivity contribution >= 4 is 29.1 Å². The number of benzene rings is 3. The van der Waals surface area contributed by atoms with Crippen LogP contribution in [0.25, 0.3) is 0 Å². The molecule has 0 heterocycles. The van der Waals surface area contributed by atoms with Crippen LogP contribution in [0.2, 0.25) is 10.0 Å². The fourth-order valence-electron chi connectivity index (χ4n) is 3.61. The smallest absolute Gasteiger partial charge is 0.406 e. The Labute approximate surface area is 213 Å². The lowest BCUT2D eigenvalue weighted by Crippen LogP contribution is -2.32. The summed E-state index contributed by atoms with van der Waals surface area (Å²) in [6.07, 6.45) is -4.44. The van der Waals surface area contributed by atoms with Crippen molar-refractivity contribution in [1.29, 1.82) is 0 Å². The van der Waals surface area contributed by atoms with Gasteiger partial charge in [-0.15, -0.1) is 13.2 Å². The fourth-order valence-corrected chi connectivity index (χ4v) is 4.13. The van der Waals surface area contributed by atoms with E-state index in [4.69, 9.17) is 23.2 Å². The van der Waals surface area contributed by atoms with E-state index < -0.39 is 6.36 Å². The number of hydrogen-bond acceptors (Lipinski definition) is 2. The van der Waals surface area contributed by atoms with Gasteiger partial charge in [0.05, 0.1) is 0 Å². The second-order valence-electron chi connectivity index (χ2n) is 9.28. The summed E-state index contributed by atoms with van der Waals surface area (Å²) in [7, 11) is 0. The monoisotopic (exact) mass is 523 g/mol. The summed E-state index contributed by atoms with van der Waals surface area (Å²) in [4.78, 5) is 15.0. The maximum atomic E-state index is 13.4. The Balaban J connectivity index is 1.84. The summed E-state index contributed by atoms with van der Waals surface area (Å²) in [6, 6.07) is 18.4. The maximum Gasteiger partial charge on any atom is 0.573 e. The molecule has 3 aromatic rings. The van der Waals surface area contributed by atoms with Gasteiger partial charge in [-0.2, -0.15) is 0 Å². The Morgan fingerprint density at radius 3 is 2.09 bits per heavy atom. The van der Waals surface area contributed by atoms with Gasteiger partial charge in [-0.25, -0.2) is 0 Å². The van der Waals surface area contributed by atoms with E-state index in [0.29, 0.717) is 34.1 Å². The van der Waals surface area contributed by atoms with Crippen LogP contribution in [0.5, 0.6) is 5.75 Å². The van der Waals surface area contributed by atoms with Crippen molar-refractivity contribution in [1.82, 2.24) is 4.90 Å². The van der Waals surface area contributed by atoms with Crippen LogP contribution in [-0.4, -0.2) is 23.7 Å². The molecule has 0 saturated carbocycles. The molecular weight excluding hydrogens is 498 g/mol. The van der Waals surface area contributed by atoms with Crippen molar-refractivity contribution in [2.45, 2.75) is 45.5 Å². The van der Waals surface area contributed by atoms with Gasteiger partial charge in [0.15, 0.2) is 0 Å². The number of hydrogen-bond donors (Lipinski definition) is 0. The van der Waals surface area contributed by atoms with E-state index in [1.54, 1.807) is 29.2 Å². The molecule has 3 aromatic carbocycles. The molecule has 0 spiro atoms. The summed E-state index contributed by atoms with van der Waals surface area (Å²) in [6.45, 7) is 6.94. The van der Waals surface area contributed by atoms with E-state index >= 15 is 0 Å². The van der Waals surface area contributed by atoms with E-state index in [2.05, 4.69) is 25.5 Å². The highest BCUT2D eigenvalue weighted by Crippen LogP contribution is 2.26. The molecule has 186 valence electrons. The van der Waals surface area contributed by atoms with Gasteiger partial charge in [0.25, 0.3) is 5.91 Å². The largest absolute Gasteiger partial charge is 0.573 e. The highest BCUT2D eigenvalue weighted by Gasteiger charge is 2.31. The zero-order valence-corrected chi connectivity index (χ0v) is 21.1. The predicted molar refractivity (Wildman–Crippen MR) is 133 cm³/mol. The van der Waals surface area contributed by atoms with Crippen LogP contribution in [0.4, 0.5) is 13.2 Å². The second-order valence-corrected chi connectivity index (χ2v) is 10.1. The molecule has 0 saturated heterocycles. The number of alkyl halides is 3. The quantitative estimate of drug-likeness (QED) is 0.313. The molecule has 0 bridgehead atoms. The molecule has 8 heteroatoms. The molecule has 3 rings (SSSR count). The summed E-state index contributed by atoms with van der Waals surface area (Å²) in [5, 5.41) is 0.680. The third-order valence-corrected chi connectivity index (χ3v) is 5.83. The van der Waals surface area contributed by atoms with Gasteiger partial charge in [-0.1, -0.05) is 80.4 Å². The maximum absolute atomic E-state index is 13.4. The molecule has 3 nitrogen and oxygen atoms in total. The van der Waals surface area contributed by atoms with Crippen LogP contribution in [0.15, 0.2) is 66.7 Å². The van der Waals surface area contributed by atoms with Gasteiger partial charge in [-0.3, -0.25) is 4.79 Å². The number of ether oxygens (including phenoxy) is 1. The average molecular weight is 524 g/mol. The number of nitrogens with zero attached hydrogens (tertiary/aromatic N) is 1. The van der Waals surface area contributed by atoms with Crippen LogP contribution in [-0.2, 0) is 18.4 Å². The predicted octanol–water partition coefficient (Wildman–Crippen LogP) is 8.07. The average Bonchev–Trinajstić information content (AvgIpc) is 2.74. The summed E-state index contributed by atoms with van der Waals surface area (Å²) in [5.41, 5.74) is 3.03. The highest BCUT2D eigenvalue weighted by atomic mass is 35.5. The van der Waals surface area contributed by atoms with Crippen LogP contribution in [0, 0.1) is 0 Å². The zero-order chi connectivity index (χ0) is 25.8. The van der Waals surface area contributed by atoms with E-state index in [0.717, 1.165) is 5.56 Å². The summed E-state index contributed by atoms with van der Waals surface area (Å²) >= 11 is 12.2. The number of halogens is 5. The second kappa shape index (κ2) is 10.9. The number of carbonyl (C=O) groups excluding carboxylic acids is 1. The molecule has 0 atom stereocenters. The van der Waals surface area contributed by atoms with Crippen molar-refractivity contribution in [3.63, 3.8) is 0 Å². The van der Waals surface area contributed by atoms with Gasteiger partial charge in [0.1, 0.15) is 5.75 Å².